The number of hydrogen-bond acceptors (Lipinski definition) is 5. The SMILES string of the molecule is CCN(CC)CCn1c(C)nc2c(nnc3ccc(C)cc32)c1=O. The summed E-state index contributed by atoms with van der Waals surface area (Å²) in [4.78, 5) is 19.8. The summed E-state index contributed by atoms with van der Waals surface area (Å²) in [6.45, 7) is 11.5. The lowest BCUT2D eigenvalue weighted by atomic mass is 10.1. The van der Waals surface area contributed by atoms with Gasteiger partial charge in [-0.1, -0.05) is 25.5 Å². The molecule has 3 rings (SSSR count). The fourth-order valence-corrected chi connectivity index (χ4v) is 3.00. The van der Waals surface area contributed by atoms with Gasteiger partial charge in [0.15, 0.2) is 5.52 Å². The van der Waals surface area contributed by atoms with Gasteiger partial charge in [0.25, 0.3) is 5.56 Å². The van der Waals surface area contributed by atoms with E-state index in [0.717, 1.165) is 41.9 Å². The minimum Gasteiger partial charge on any atom is -0.302 e. The molecule has 0 atom stereocenters. The van der Waals surface area contributed by atoms with Gasteiger partial charge in [0, 0.05) is 18.5 Å². The standard InChI is InChI=1S/C18H23N5O/c1-5-22(6-2)9-10-23-13(4)19-16-14-11-12(3)7-8-15(14)20-21-17(16)18(23)24/h7-8,11H,5-6,9-10H2,1-4H3. The van der Waals surface area contributed by atoms with Crippen molar-refractivity contribution in [1.29, 1.82) is 0 Å². The zero-order chi connectivity index (χ0) is 17.3. The number of hydrogen-bond donors (Lipinski definition) is 0. The third kappa shape index (κ3) is 2.89. The van der Waals surface area contributed by atoms with Crippen molar-refractivity contribution in [3.63, 3.8) is 0 Å². The van der Waals surface area contributed by atoms with Crippen LogP contribution in [-0.4, -0.2) is 44.3 Å². The Morgan fingerprint density at radius 1 is 1.08 bits per heavy atom. The summed E-state index contributed by atoms with van der Waals surface area (Å²) >= 11 is 0. The van der Waals surface area contributed by atoms with Crippen LogP contribution < -0.4 is 5.56 Å². The summed E-state index contributed by atoms with van der Waals surface area (Å²) in [6, 6.07) is 5.92. The zero-order valence-electron chi connectivity index (χ0n) is 14.7. The number of nitrogens with zero attached hydrogens (tertiary/aromatic N) is 5. The lowest BCUT2D eigenvalue weighted by Gasteiger charge is -2.19. The van der Waals surface area contributed by atoms with E-state index in [-0.39, 0.29) is 5.56 Å². The summed E-state index contributed by atoms with van der Waals surface area (Å²) in [6.07, 6.45) is 0. The van der Waals surface area contributed by atoms with Crippen molar-refractivity contribution in [2.75, 3.05) is 19.6 Å². The van der Waals surface area contributed by atoms with Gasteiger partial charge in [-0.05, 0) is 39.1 Å². The smallest absolute Gasteiger partial charge is 0.282 e. The largest absolute Gasteiger partial charge is 0.302 e. The predicted molar refractivity (Wildman–Crippen MR) is 96.4 cm³/mol. The number of fused-ring (bicyclic) bond motifs is 3. The van der Waals surface area contributed by atoms with Crippen LogP contribution in [0.4, 0.5) is 0 Å². The average Bonchev–Trinajstić information content (AvgIpc) is 2.58. The van der Waals surface area contributed by atoms with Gasteiger partial charge in [-0.3, -0.25) is 9.36 Å². The van der Waals surface area contributed by atoms with Crippen LogP contribution >= 0.6 is 0 Å². The van der Waals surface area contributed by atoms with Gasteiger partial charge in [-0.2, -0.15) is 0 Å². The molecule has 0 unspecified atom stereocenters. The molecule has 0 radical (unpaired) electrons. The molecule has 0 N–H and O–H groups in total. The maximum Gasteiger partial charge on any atom is 0.282 e. The topological polar surface area (TPSA) is 63.9 Å². The van der Waals surface area contributed by atoms with Crippen molar-refractivity contribution in [3.05, 3.63) is 39.9 Å². The lowest BCUT2D eigenvalue weighted by molar-refractivity contribution is 0.287. The van der Waals surface area contributed by atoms with E-state index in [0.29, 0.717) is 17.6 Å². The highest BCUT2D eigenvalue weighted by Crippen LogP contribution is 2.19. The van der Waals surface area contributed by atoms with E-state index < -0.39 is 0 Å². The van der Waals surface area contributed by atoms with Crippen LogP contribution in [0.2, 0.25) is 0 Å². The van der Waals surface area contributed by atoms with Crippen molar-refractivity contribution in [2.45, 2.75) is 34.2 Å². The van der Waals surface area contributed by atoms with Crippen LogP contribution in [-0.2, 0) is 6.54 Å². The zero-order valence-corrected chi connectivity index (χ0v) is 14.7. The molecule has 0 aliphatic rings. The third-order valence-electron chi connectivity index (χ3n) is 4.54. The van der Waals surface area contributed by atoms with Gasteiger partial charge < -0.3 is 4.90 Å². The molecular weight excluding hydrogens is 302 g/mol. The van der Waals surface area contributed by atoms with Crippen molar-refractivity contribution < 1.29 is 0 Å². The monoisotopic (exact) mass is 325 g/mol. The predicted octanol–water partition coefficient (Wildman–Crippen LogP) is 2.30. The molecule has 0 spiro atoms. The van der Waals surface area contributed by atoms with Gasteiger partial charge in [-0.25, -0.2) is 4.98 Å². The maximum absolute atomic E-state index is 12.9. The van der Waals surface area contributed by atoms with E-state index in [9.17, 15) is 4.79 Å². The summed E-state index contributed by atoms with van der Waals surface area (Å²) in [5.74, 6) is 0.718. The first-order valence-electron chi connectivity index (χ1n) is 8.41. The fourth-order valence-electron chi connectivity index (χ4n) is 3.00. The first-order valence-corrected chi connectivity index (χ1v) is 8.41. The molecule has 0 aliphatic carbocycles. The second-order valence-corrected chi connectivity index (χ2v) is 6.06. The Hall–Kier alpha value is -2.34. The van der Waals surface area contributed by atoms with Gasteiger partial charge in [-0.15, -0.1) is 10.2 Å². The molecule has 6 heteroatoms. The van der Waals surface area contributed by atoms with Crippen LogP contribution in [0.1, 0.15) is 25.2 Å². The molecule has 24 heavy (non-hydrogen) atoms. The van der Waals surface area contributed by atoms with E-state index in [1.165, 1.54) is 0 Å². The summed E-state index contributed by atoms with van der Waals surface area (Å²) in [5, 5.41) is 9.23. The van der Waals surface area contributed by atoms with Gasteiger partial charge in [0.1, 0.15) is 11.3 Å². The Kier molecular flexibility index (Phi) is 4.57. The van der Waals surface area contributed by atoms with Gasteiger partial charge in [0.05, 0.1) is 5.52 Å². The van der Waals surface area contributed by atoms with Crippen LogP contribution in [0.25, 0.3) is 21.9 Å². The van der Waals surface area contributed by atoms with Crippen molar-refractivity contribution in [2.24, 2.45) is 0 Å². The van der Waals surface area contributed by atoms with E-state index in [1.54, 1.807) is 4.57 Å². The molecule has 0 saturated heterocycles. The lowest BCUT2D eigenvalue weighted by Crippen LogP contribution is -2.32. The molecule has 6 nitrogen and oxygen atoms in total. The number of likely N-dealkylation sites (N-methyl/N-ethyl adjacent to an activating group) is 1. The van der Waals surface area contributed by atoms with E-state index in [2.05, 4.69) is 33.9 Å². The molecule has 1 aromatic carbocycles. The molecule has 0 amide bonds. The van der Waals surface area contributed by atoms with Crippen molar-refractivity contribution in [3.8, 4) is 0 Å². The third-order valence-corrected chi connectivity index (χ3v) is 4.54. The Morgan fingerprint density at radius 2 is 1.83 bits per heavy atom. The molecule has 0 saturated carbocycles. The van der Waals surface area contributed by atoms with Crippen molar-refractivity contribution >= 4 is 21.9 Å². The Bertz CT molecular complexity index is 943. The highest BCUT2D eigenvalue weighted by Gasteiger charge is 2.13. The molecule has 3 aromatic rings. The van der Waals surface area contributed by atoms with E-state index in [1.807, 2.05) is 32.0 Å². The Labute approximate surface area is 141 Å². The molecular formula is C18H23N5O. The van der Waals surface area contributed by atoms with Crippen LogP contribution in [0.5, 0.6) is 0 Å². The minimum absolute atomic E-state index is 0.111. The molecule has 0 fully saturated rings. The molecule has 2 heterocycles. The summed E-state index contributed by atoms with van der Waals surface area (Å²) in [7, 11) is 0. The van der Waals surface area contributed by atoms with Crippen molar-refractivity contribution in [1.82, 2.24) is 24.6 Å². The first-order chi connectivity index (χ1) is 11.5. The molecule has 0 aliphatic heterocycles. The normalized spacial score (nSPS) is 11.7. The number of aromatic nitrogens is 4. The highest BCUT2D eigenvalue weighted by atomic mass is 16.1. The average molecular weight is 325 g/mol. The van der Waals surface area contributed by atoms with Crippen LogP contribution in [0.15, 0.2) is 23.0 Å². The Morgan fingerprint density at radius 3 is 2.54 bits per heavy atom. The highest BCUT2D eigenvalue weighted by molar-refractivity contribution is 6.00. The molecule has 126 valence electrons. The van der Waals surface area contributed by atoms with E-state index in [4.69, 9.17) is 0 Å². The maximum atomic E-state index is 12.9. The second-order valence-electron chi connectivity index (χ2n) is 6.06. The van der Waals surface area contributed by atoms with E-state index >= 15 is 0 Å². The summed E-state index contributed by atoms with van der Waals surface area (Å²) in [5.41, 5.74) is 2.76. The van der Waals surface area contributed by atoms with Gasteiger partial charge >= 0.3 is 0 Å². The summed E-state index contributed by atoms with van der Waals surface area (Å²) < 4.78 is 1.71. The first kappa shape index (κ1) is 16.5. The fraction of sp³-hybridized carbons (Fsp3) is 0.444. The quantitative estimate of drug-likeness (QED) is 0.674. The second kappa shape index (κ2) is 6.65. The van der Waals surface area contributed by atoms with Crippen LogP contribution in [0, 0.1) is 13.8 Å². The Balaban J connectivity index is 2.14. The van der Waals surface area contributed by atoms with Crippen LogP contribution in [0.3, 0.4) is 0 Å². The molecule has 2 aromatic heterocycles. The number of rotatable bonds is 5. The molecule has 0 bridgehead atoms. The number of benzene rings is 1. The number of aryl methyl sites for hydroxylation is 2. The van der Waals surface area contributed by atoms with Gasteiger partial charge in [0.2, 0.25) is 0 Å². The minimum atomic E-state index is -0.111.